The lowest BCUT2D eigenvalue weighted by Crippen LogP contribution is -2.13. The number of thioether (sulfide) groups is 1. The summed E-state index contributed by atoms with van der Waals surface area (Å²) in [6.07, 6.45) is 3.42. The second-order valence-corrected chi connectivity index (χ2v) is 9.53. The number of carbonyl (C=O) groups excluding carboxylic acids is 1. The molecule has 0 aliphatic rings. The van der Waals surface area contributed by atoms with Gasteiger partial charge in [0, 0.05) is 28.4 Å². The molecule has 7 nitrogen and oxygen atoms in total. The van der Waals surface area contributed by atoms with E-state index >= 15 is 0 Å². The lowest BCUT2D eigenvalue weighted by molar-refractivity contribution is 0.102. The number of para-hydroxylation sites is 1. The van der Waals surface area contributed by atoms with Crippen LogP contribution in [0.4, 0.5) is 10.1 Å². The van der Waals surface area contributed by atoms with Crippen molar-refractivity contribution in [1.82, 2.24) is 24.7 Å². The van der Waals surface area contributed by atoms with Gasteiger partial charge in [-0.3, -0.25) is 14.3 Å². The Morgan fingerprint density at radius 3 is 2.80 bits per heavy atom. The molecule has 0 aliphatic heterocycles. The third kappa shape index (κ3) is 5.24. The monoisotopic (exact) mass is 522 g/mol. The molecule has 174 valence electrons. The van der Waals surface area contributed by atoms with Crippen molar-refractivity contribution in [1.29, 1.82) is 0 Å². The molecule has 1 amide bonds. The van der Waals surface area contributed by atoms with Crippen LogP contribution < -0.4 is 5.32 Å². The maximum Gasteiger partial charge on any atom is 0.275 e. The number of anilines is 1. The summed E-state index contributed by atoms with van der Waals surface area (Å²) in [7, 11) is 0. The summed E-state index contributed by atoms with van der Waals surface area (Å²) in [6, 6.07) is 17.2. The van der Waals surface area contributed by atoms with E-state index in [-0.39, 0.29) is 11.4 Å². The molecule has 3 aromatic heterocycles. The Labute approximate surface area is 213 Å². The van der Waals surface area contributed by atoms with Gasteiger partial charge in [-0.1, -0.05) is 41.6 Å². The topological polar surface area (TPSA) is 85.6 Å². The average molecular weight is 523 g/mol. The van der Waals surface area contributed by atoms with Crippen molar-refractivity contribution in [2.45, 2.75) is 10.9 Å². The van der Waals surface area contributed by atoms with Gasteiger partial charge < -0.3 is 5.32 Å². The number of aromatic nitrogens is 5. The number of hydrogen-bond donors (Lipinski definition) is 1. The van der Waals surface area contributed by atoms with Gasteiger partial charge in [0.05, 0.1) is 17.1 Å². The van der Waals surface area contributed by atoms with E-state index in [0.717, 1.165) is 16.3 Å². The molecule has 0 spiro atoms. The number of hydrogen-bond acceptors (Lipinski definition) is 7. The lowest BCUT2D eigenvalue weighted by atomic mass is 10.2. The van der Waals surface area contributed by atoms with Gasteiger partial charge in [-0.25, -0.2) is 9.37 Å². The van der Waals surface area contributed by atoms with Crippen molar-refractivity contribution in [3.8, 4) is 17.1 Å². The molecule has 0 bridgehead atoms. The molecule has 0 aliphatic carbocycles. The van der Waals surface area contributed by atoms with Gasteiger partial charge in [-0.05, 0) is 42.5 Å². The van der Waals surface area contributed by atoms with Crippen molar-refractivity contribution < 1.29 is 9.18 Å². The standard InChI is InChI=1S/C24H16ClFN6OS2/c25-16-6-3-7-17(11-16)32-22(15-5-4-10-27-12-15)30-31-24(32)35-14-21-28-20(13-34-21)23(33)29-19-9-2-1-8-18(19)26/h1-13H,14H2,(H,29,33). The van der Waals surface area contributed by atoms with Crippen LogP contribution in [0.2, 0.25) is 5.02 Å². The summed E-state index contributed by atoms with van der Waals surface area (Å²) in [4.78, 5) is 21.1. The van der Waals surface area contributed by atoms with Crippen LogP contribution in [-0.2, 0) is 5.75 Å². The van der Waals surface area contributed by atoms with E-state index in [1.807, 2.05) is 34.9 Å². The average Bonchev–Trinajstić information content (AvgIpc) is 3.52. The highest BCUT2D eigenvalue weighted by molar-refractivity contribution is 7.98. The minimum Gasteiger partial charge on any atom is -0.318 e. The normalized spacial score (nSPS) is 10.9. The largest absolute Gasteiger partial charge is 0.318 e. The second-order valence-electron chi connectivity index (χ2n) is 7.21. The zero-order valence-electron chi connectivity index (χ0n) is 17.9. The van der Waals surface area contributed by atoms with Crippen LogP contribution in [0.5, 0.6) is 0 Å². The SMILES string of the molecule is O=C(Nc1ccccc1F)c1csc(CSc2nnc(-c3cccnc3)n2-c2cccc(Cl)c2)n1. The molecule has 11 heteroatoms. The molecule has 5 rings (SSSR count). The zero-order chi connectivity index (χ0) is 24.2. The molecule has 0 radical (unpaired) electrons. The third-order valence-electron chi connectivity index (χ3n) is 4.85. The predicted octanol–water partition coefficient (Wildman–Crippen LogP) is 6.12. The Hall–Kier alpha value is -3.60. The van der Waals surface area contributed by atoms with Crippen molar-refractivity contribution in [3.05, 3.63) is 100.0 Å². The molecule has 2 aromatic carbocycles. The highest BCUT2D eigenvalue weighted by atomic mass is 35.5. The van der Waals surface area contributed by atoms with Crippen LogP contribution in [0.15, 0.2) is 83.6 Å². The third-order valence-corrected chi connectivity index (χ3v) is 7.06. The van der Waals surface area contributed by atoms with Crippen LogP contribution in [0.1, 0.15) is 15.5 Å². The Morgan fingerprint density at radius 2 is 2.00 bits per heavy atom. The fourth-order valence-electron chi connectivity index (χ4n) is 3.25. The highest BCUT2D eigenvalue weighted by Crippen LogP contribution is 2.31. The van der Waals surface area contributed by atoms with E-state index in [2.05, 4.69) is 25.5 Å². The lowest BCUT2D eigenvalue weighted by Gasteiger charge is -2.10. The van der Waals surface area contributed by atoms with Gasteiger partial charge in [0.2, 0.25) is 0 Å². The van der Waals surface area contributed by atoms with Crippen molar-refractivity contribution >= 4 is 46.3 Å². The van der Waals surface area contributed by atoms with Gasteiger partial charge in [0.15, 0.2) is 11.0 Å². The van der Waals surface area contributed by atoms with Crippen LogP contribution in [0.25, 0.3) is 17.1 Å². The summed E-state index contributed by atoms with van der Waals surface area (Å²) in [6.45, 7) is 0. The Bertz CT molecular complexity index is 1490. The first kappa shape index (κ1) is 23.2. The van der Waals surface area contributed by atoms with Crippen molar-refractivity contribution in [3.63, 3.8) is 0 Å². The smallest absolute Gasteiger partial charge is 0.275 e. The molecule has 0 fully saturated rings. The molecule has 0 saturated carbocycles. The molecule has 0 saturated heterocycles. The second kappa shape index (κ2) is 10.3. The summed E-state index contributed by atoms with van der Waals surface area (Å²) in [5.41, 5.74) is 1.96. The number of halogens is 2. The molecule has 35 heavy (non-hydrogen) atoms. The van der Waals surface area contributed by atoms with Crippen molar-refractivity contribution in [2.75, 3.05) is 5.32 Å². The minimum atomic E-state index is -0.503. The number of benzene rings is 2. The molecular weight excluding hydrogens is 507 g/mol. The molecular formula is C24H16ClFN6OS2. The highest BCUT2D eigenvalue weighted by Gasteiger charge is 2.18. The summed E-state index contributed by atoms with van der Waals surface area (Å²) < 4.78 is 15.8. The maximum atomic E-state index is 13.8. The molecule has 1 N–H and O–H groups in total. The first-order valence-electron chi connectivity index (χ1n) is 10.3. The number of nitrogens with one attached hydrogen (secondary N) is 1. The summed E-state index contributed by atoms with van der Waals surface area (Å²) in [5, 5.41) is 14.9. The molecule has 3 heterocycles. The van der Waals surface area contributed by atoms with Gasteiger partial charge in [0.25, 0.3) is 5.91 Å². The van der Waals surface area contributed by atoms with Gasteiger partial charge in [-0.15, -0.1) is 21.5 Å². The van der Waals surface area contributed by atoms with Crippen LogP contribution in [0, 0.1) is 5.82 Å². The fraction of sp³-hybridized carbons (Fsp3) is 0.0417. The number of nitrogens with zero attached hydrogens (tertiary/aromatic N) is 5. The van der Waals surface area contributed by atoms with Crippen LogP contribution >= 0.6 is 34.7 Å². The van der Waals surface area contributed by atoms with E-state index in [4.69, 9.17) is 11.6 Å². The Kier molecular flexibility index (Phi) is 6.84. The number of rotatable bonds is 7. The van der Waals surface area contributed by atoms with E-state index in [9.17, 15) is 9.18 Å². The summed E-state index contributed by atoms with van der Waals surface area (Å²) in [5.74, 6) is 0.121. The number of thiazole rings is 1. The van der Waals surface area contributed by atoms with E-state index in [1.54, 1.807) is 36.0 Å². The zero-order valence-corrected chi connectivity index (χ0v) is 20.3. The number of carbonyl (C=O) groups is 1. The minimum absolute atomic E-state index is 0.110. The van der Waals surface area contributed by atoms with E-state index in [0.29, 0.717) is 21.8 Å². The van der Waals surface area contributed by atoms with Gasteiger partial charge >= 0.3 is 0 Å². The molecule has 5 aromatic rings. The van der Waals surface area contributed by atoms with E-state index < -0.39 is 11.7 Å². The van der Waals surface area contributed by atoms with Crippen molar-refractivity contribution in [2.24, 2.45) is 0 Å². The number of pyridine rings is 1. The summed E-state index contributed by atoms with van der Waals surface area (Å²) >= 11 is 9.02. The first-order valence-corrected chi connectivity index (χ1v) is 12.6. The van der Waals surface area contributed by atoms with E-state index in [1.165, 1.54) is 35.2 Å². The van der Waals surface area contributed by atoms with Gasteiger partial charge in [-0.2, -0.15) is 0 Å². The van der Waals surface area contributed by atoms with Gasteiger partial charge in [0.1, 0.15) is 16.5 Å². The fourth-order valence-corrected chi connectivity index (χ4v) is 5.18. The van der Waals surface area contributed by atoms with Crippen LogP contribution in [0.3, 0.4) is 0 Å². The number of amides is 1. The Morgan fingerprint density at radius 1 is 1.11 bits per heavy atom. The quantitative estimate of drug-likeness (QED) is 0.259. The maximum absolute atomic E-state index is 13.8. The molecule has 0 unspecified atom stereocenters. The first-order chi connectivity index (χ1) is 17.1. The molecule has 0 atom stereocenters. The Balaban J connectivity index is 1.37. The van der Waals surface area contributed by atoms with Crippen LogP contribution in [-0.4, -0.2) is 30.6 Å². The predicted molar refractivity (Wildman–Crippen MR) is 136 cm³/mol.